The number of rotatable bonds is 4. The molecule has 3 N–H and O–H groups in total. The van der Waals surface area contributed by atoms with E-state index in [1.165, 1.54) is 0 Å². The quantitative estimate of drug-likeness (QED) is 0.516. The van der Waals surface area contributed by atoms with E-state index in [1.807, 2.05) is 6.92 Å². The van der Waals surface area contributed by atoms with Gasteiger partial charge in [-0.15, -0.1) is 0 Å². The summed E-state index contributed by atoms with van der Waals surface area (Å²) in [4.78, 5) is 0. The first-order valence-electron chi connectivity index (χ1n) is 6.42. The molecule has 2 aromatic rings. The Balaban J connectivity index is 2.60. The normalized spacial score (nSPS) is 12.5. The van der Waals surface area contributed by atoms with Crippen LogP contribution in [-0.2, 0) is 6.42 Å². The highest BCUT2D eigenvalue weighted by Gasteiger charge is 2.24. The number of aryl methyl sites for hydroxylation is 2. The number of halogens is 3. The van der Waals surface area contributed by atoms with Crippen molar-refractivity contribution in [2.45, 2.75) is 26.3 Å². The van der Waals surface area contributed by atoms with Crippen molar-refractivity contribution in [3.8, 4) is 0 Å². The third-order valence-corrected chi connectivity index (χ3v) is 3.21. The van der Waals surface area contributed by atoms with E-state index >= 15 is 0 Å². The number of nitrogens with zero attached hydrogens (tertiary/aromatic N) is 2. The molecule has 1 heterocycles. The molecule has 7 heteroatoms. The van der Waals surface area contributed by atoms with Crippen LogP contribution >= 0.6 is 0 Å². The van der Waals surface area contributed by atoms with Crippen molar-refractivity contribution in [2.75, 3.05) is 0 Å². The summed E-state index contributed by atoms with van der Waals surface area (Å²) in [5.41, 5.74) is 4.14. The van der Waals surface area contributed by atoms with Crippen molar-refractivity contribution in [2.24, 2.45) is 5.84 Å². The molecular formula is C14H15F3N4. The lowest BCUT2D eigenvalue weighted by molar-refractivity contribution is 0.432. The monoisotopic (exact) mass is 296 g/mol. The lowest BCUT2D eigenvalue weighted by atomic mass is 9.96. The number of nitrogens with two attached hydrogens (primary N) is 1. The van der Waals surface area contributed by atoms with E-state index in [0.717, 1.165) is 12.1 Å². The molecule has 1 aromatic carbocycles. The van der Waals surface area contributed by atoms with E-state index in [9.17, 15) is 13.2 Å². The number of hydrogen-bond donors (Lipinski definition) is 2. The van der Waals surface area contributed by atoms with Crippen LogP contribution < -0.4 is 11.3 Å². The summed E-state index contributed by atoms with van der Waals surface area (Å²) in [7, 11) is 0. The maximum absolute atomic E-state index is 14.0. The first-order chi connectivity index (χ1) is 9.99. The Bertz CT molecular complexity index is 661. The molecule has 2 rings (SSSR count). The second kappa shape index (κ2) is 6.19. The van der Waals surface area contributed by atoms with Gasteiger partial charge in [0.1, 0.15) is 0 Å². The summed E-state index contributed by atoms with van der Waals surface area (Å²) >= 11 is 0. The molecule has 0 aliphatic heterocycles. The summed E-state index contributed by atoms with van der Waals surface area (Å²) in [5.74, 6) is 1.45. The fourth-order valence-electron chi connectivity index (χ4n) is 2.17. The maximum atomic E-state index is 14.0. The van der Waals surface area contributed by atoms with Crippen molar-refractivity contribution in [3.05, 3.63) is 58.2 Å². The Hall–Kier alpha value is -1.99. The molecule has 0 aliphatic carbocycles. The van der Waals surface area contributed by atoms with Gasteiger partial charge < -0.3 is 0 Å². The van der Waals surface area contributed by atoms with Crippen molar-refractivity contribution in [3.63, 3.8) is 0 Å². The molecule has 1 aromatic heterocycles. The van der Waals surface area contributed by atoms with E-state index in [4.69, 9.17) is 5.84 Å². The Labute approximate surface area is 120 Å². The zero-order valence-electron chi connectivity index (χ0n) is 11.6. The Morgan fingerprint density at radius 3 is 2.48 bits per heavy atom. The molecule has 0 spiro atoms. The van der Waals surface area contributed by atoms with Crippen LogP contribution in [0.5, 0.6) is 0 Å². The zero-order chi connectivity index (χ0) is 15.6. The Morgan fingerprint density at radius 2 is 1.86 bits per heavy atom. The topological polar surface area (TPSA) is 63.8 Å². The number of benzene rings is 1. The largest absolute Gasteiger partial charge is 0.271 e. The fourth-order valence-corrected chi connectivity index (χ4v) is 2.17. The summed E-state index contributed by atoms with van der Waals surface area (Å²) < 4.78 is 40.4. The number of aromatic nitrogens is 2. The first kappa shape index (κ1) is 15.4. The minimum Gasteiger partial charge on any atom is -0.271 e. The number of hydrazine groups is 1. The van der Waals surface area contributed by atoms with Gasteiger partial charge in [0.2, 0.25) is 0 Å². The molecule has 1 unspecified atom stereocenters. The molecule has 0 aliphatic rings. The highest BCUT2D eigenvalue weighted by atomic mass is 19.2. The van der Waals surface area contributed by atoms with Crippen LogP contribution in [-0.4, -0.2) is 10.2 Å². The molecule has 0 fully saturated rings. The minimum absolute atomic E-state index is 0.0847. The van der Waals surface area contributed by atoms with Crippen LogP contribution in [0.2, 0.25) is 0 Å². The average Bonchev–Trinajstić information content (AvgIpc) is 2.48. The van der Waals surface area contributed by atoms with Crippen LogP contribution in [0, 0.1) is 24.4 Å². The smallest absolute Gasteiger partial charge is 0.194 e. The van der Waals surface area contributed by atoms with Gasteiger partial charge in [-0.3, -0.25) is 5.84 Å². The lowest BCUT2D eigenvalue weighted by Crippen LogP contribution is -2.31. The SMILES string of the molecule is CCc1nnc(C)cc1C(NN)c1ccc(F)c(F)c1F. The van der Waals surface area contributed by atoms with Crippen LogP contribution in [0.1, 0.15) is 35.5 Å². The first-order valence-corrected chi connectivity index (χ1v) is 6.42. The molecule has 112 valence electrons. The van der Waals surface area contributed by atoms with Gasteiger partial charge in [0.05, 0.1) is 17.4 Å². The summed E-state index contributed by atoms with van der Waals surface area (Å²) in [6.45, 7) is 3.59. The standard InChI is InChI=1S/C14H15F3N4/c1-3-11-9(6-7(2)20-21-11)14(19-18)8-4-5-10(15)13(17)12(8)16/h4-6,14,19H,3,18H2,1-2H3. The maximum Gasteiger partial charge on any atom is 0.194 e. The van der Waals surface area contributed by atoms with Gasteiger partial charge in [-0.1, -0.05) is 13.0 Å². The summed E-state index contributed by atoms with van der Waals surface area (Å²) in [5, 5.41) is 7.95. The van der Waals surface area contributed by atoms with Crippen molar-refractivity contribution >= 4 is 0 Å². The molecule has 0 radical (unpaired) electrons. The zero-order valence-corrected chi connectivity index (χ0v) is 11.6. The van der Waals surface area contributed by atoms with E-state index in [2.05, 4.69) is 15.6 Å². The van der Waals surface area contributed by atoms with Crippen molar-refractivity contribution in [1.82, 2.24) is 15.6 Å². The number of nitrogens with one attached hydrogen (secondary N) is 1. The summed E-state index contributed by atoms with van der Waals surface area (Å²) in [6.07, 6.45) is 0.548. The van der Waals surface area contributed by atoms with Gasteiger partial charge in [-0.05, 0) is 25.5 Å². The molecule has 0 bridgehead atoms. The van der Waals surface area contributed by atoms with Crippen LogP contribution in [0.15, 0.2) is 18.2 Å². The molecule has 21 heavy (non-hydrogen) atoms. The Morgan fingerprint density at radius 1 is 1.14 bits per heavy atom. The molecule has 0 saturated carbocycles. The van der Waals surface area contributed by atoms with Crippen LogP contribution in [0.4, 0.5) is 13.2 Å². The third-order valence-electron chi connectivity index (χ3n) is 3.21. The van der Waals surface area contributed by atoms with E-state index in [1.54, 1.807) is 13.0 Å². The van der Waals surface area contributed by atoms with Crippen LogP contribution in [0.25, 0.3) is 0 Å². The van der Waals surface area contributed by atoms with Gasteiger partial charge in [-0.25, -0.2) is 18.6 Å². The molecule has 0 amide bonds. The third kappa shape index (κ3) is 2.88. The molecule has 1 atom stereocenters. The second-order valence-corrected chi connectivity index (χ2v) is 4.61. The molecule has 4 nitrogen and oxygen atoms in total. The predicted molar refractivity (Wildman–Crippen MR) is 71.6 cm³/mol. The second-order valence-electron chi connectivity index (χ2n) is 4.61. The molecule has 0 saturated heterocycles. The summed E-state index contributed by atoms with van der Waals surface area (Å²) in [6, 6.07) is 2.87. The van der Waals surface area contributed by atoms with Gasteiger partial charge in [0.15, 0.2) is 17.5 Å². The predicted octanol–water partition coefficient (Wildman–Crippen LogP) is 2.32. The van der Waals surface area contributed by atoms with Gasteiger partial charge in [-0.2, -0.15) is 10.2 Å². The van der Waals surface area contributed by atoms with Crippen LogP contribution in [0.3, 0.4) is 0 Å². The average molecular weight is 296 g/mol. The van der Waals surface area contributed by atoms with Crippen molar-refractivity contribution < 1.29 is 13.2 Å². The van der Waals surface area contributed by atoms with E-state index in [0.29, 0.717) is 23.4 Å². The minimum atomic E-state index is -1.52. The van der Waals surface area contributed by atoms with Gasteiger partial charge >= 0.3 is 0 Å². The Kier molecular flexibility index (Phi) is 4.54. The van der Waals surface area contributed by atoms with E-state index in [-0.39, 0.29) is 5.56 Å². The fraction of sp³-hybridized carbons (Fsp3) is 0.286. The highest BCUT2D eigenvalue weighted by Crippen LogP contribution is 2.28. The number of hydrogen-bond acceptors (Lipinski definition) is 4. The molecular weight excluding hydrogens is 281 g/mol. The van der Waals surface area contributed by atoms with Crippen molar-refractivity contribution in [1.29, 1.82) is 0 Å². The van der Waals surface area contributed by atoms with Gasteiger partial charge in [0, 0.05) is 11.1 Å². The lowest BCUT2D eigenvalue weighted by Gasteiger charge is -2.20. The van der Waals surface area contributed by atoms with Gasteiger partial charge in [0.25, 0.3) is 0 Å². The van der Waals surface area contributed by atoms with E-state index < -0.39 is 23.5 Å². The highest BCUT2D eigenvalue weighted by molar-refractivity contribution is 5.36.